The van der Waals surface area contributed by atoms with E-state index in [9.17, 15) is 0 Å². The molecule has 1 atom stereocenters. The van der Waals surface area contributed by atoms with Crippen molar-refractivity contribution in [3.63, 3.8) is 0 Å². The van der Waals surface area contributed by atoms with Gasteiger partial charge in [0.05, 0.1) is 22.4 Å². The molecule has 0 aromatic heterocycles. The molecule has 0 spiro atoms. The van der Waals surface area contributed by atoms with Crippen LogP contribution in [-0.4, -0.2) is 36.6 Å². The van der Waals surface area contributed by atoms with Gasteiger partial charge in [-0.2, -0.15) is 0 Å². The summed E-state index contributed by atoms with van der Waals surface area (Å²) in [4.78, 5) is 0. The molecule has 126 valence electrons. The van der Waals surface area contributed by atoms with Crippen LogP contribution in [0.4, 0.5) is 0 Å². The van der Waals surface area contributed by atoms with Crippen LogP contribution in [0.5, 0.6) is 0 Å². The summed E-state index contributed by atoms with van der Waals surface area (Å²) >= 11 is 0. The Labute approximate surface area is 140 Å². The van der Waals surface area contributed by atoms with E-state index in [1.54, 1.807) is 0 Å². The molecule has 3 rings (SSSR count). The summed E-state index contributed by atoms with van der Waals surface area (Å²) in [6, 6.07) is 0. The Morgan fingerprint density at radius 3 is 1.65 bits per heavy atom. The van der Waals surface area contributed by atoms with Crippen molar-refractivity contribution in [1.29, 1.82) is 0 Å². The molecule has 1 aliphatic carbocycles. The zero-order valence-electron chi connectivity index (χ0n) is 15.6. The maximum atomic E-state index is 6.22. The fraction of sp³-hybridized carbons (Fsp3) is 0.765. The Balaban J connectivity index is 1.79. The summed E-state index contributed by atoms with van der Waals surface area (Å²) in [5, 5.41) is 0. The molecule has 23 heavy (non-hydrogen) atoms. The molecule has 0 N–H and O–H groups in total. The van der Waals surface area contributed by atoms with Gasteiger partial charge in [0.1, 0.15) is 0 Å². The largest absolute Gasteiger partial charge is 0.490 e. The second kappa shape index (κ2) is 4.98. The molecule has 6 heteroatoms. The van der Waals surface area contributed by atoms with Gasteiger partial charge in [0.15, 0.2) is 0 Å². The van der Waals surface area contributed by atoms with Gasteiger partial charge >= 0.3 is 14.2 Å². The second-order valence-electron chi connectivity index (χ2n) is 8.79. The third-order valence-corrected chi connectivity index (χ3v) is 6.08. The molecule has 0 bridgehead atoms. The van der Waals surface area contributed by atoms with E-state index in [0.29, 0.717) is 0 Å². The molecule has 0 radical (unpaired) electrons. The third-order valence-electron chi connectivity index (χ3n) is 6.08. The molecule has 0 aromatic carbocycles. The van der Waals surface area contributed by atoms with E-state index in [4.69, 9.17) is 18.6 Å². The lowest BCUT2D eigenvalue weighted by Crippen LogP contribution is -2.41. The summed E-state index contributed by atoms with van der Waals surface area (Å²) in [6.07, 6.45) is 6.22. The standard InChI is InChI=1S/C17H28B2O4/c1-14(2)15(3,4)21-18(20-14)12-10-9-11-13(12)19-22-16(5,6)17(7,8)23-19/h9-12H,1-8H3. The molecule has 0 aromatic rings. The highest BCUT2D eigenvalue weighted by molar-refractivity contribution is 6.61. The normalized spacial score (nSPS) is 33.4. The number of allylic oxidation sites excluding steroid dienone is 4. The van der Waals surface area contributed by atoms with Crippen LogP contribution in [0.25, 0.3) is 0 Å². The molecule has 4 nitrogen and oxygen atoms in total. The van der Waals surface area contributed by atoms with Crippen molar-refractivity contribution in [3.05, 3.63) is 23.7 Å². The van der Waals surface area contributed by atoms with Crippen molar-refractivity contribution in [3.8, 4) is 0 Å². The molecule has 2 aliphatic heterocycles. The molecular weight excluding hydrogens is 290 g/mol. The monoisotopic (exact) mass is 318 g/mol. The van der Waals surface area contributed by atoms with E-state index in [-0.39, 0.29) is 42.5 Å². The van der Waals surface area contributed by atoms with Crippen LogP contribution in [0.2, 0.25) is 5.82 Å². The van der Waals surface area contributed by atoms with Crippen LogP contribution in [0.15, 0.2) is 23.7 Å². The fourth-order valence-corrected chi connectivity index (χ4v) is 3.01. The molecule has 2 heterocycles. The second-order valence-corrected chi connectivity index (χ2v) is 8.79. The smallest absolute Gasteiger partial charge is 0.403 e. The highest BCUT2D eigenvalue weighted by Gasteiger charge is 2.58. The molecule has 3 aliphatic rings. The van der Waals surface area contributed by atoms with Gasteiger partial charge in [-0.15, -0.1) is 0 Å². The van der Waals surface area contributed by atoms with Crippen molar-refractivity contribution in [2.75, 3.05) is 0 Å². The minimum absolute atomic E-state index is 0.0192. The van der Waals surface area contributed by atoms with Gasteiger partial charge in [-0.05, 0) is 60.9 Å². The van der Waals surface area contributed by atoms with Crippen LogP contribution in [0.3, 0.4) is 0 Å². The van der Waals surface area contributed by atoms with E-state index in [0.717, 1.165) is 5.47 Å². The third kappa shape index (κ3) is 2.64. The summed E-state index contributed by atoms with van der Waals surface area (Å²) < 4.78 is 24.8. The van der Waals surface area contributed by atoms with E-state index >= 15 is 0 Å². The van der Waals surface area contributed by atoms with Gasteiger partial charge in [0.2, 0.25) is 0 Å². The Kier molecular flexibility index (Phi) is 3.74. The summed E-state index contributed by atoms with van der Waals surface area (Å²) in [6.45, 7) is 16.6. The number of hydrogen-bond acceptors (Lipinski definition) is 4. The lowest BCUT2D eigenvalue weighted by Gasteiger charge is -2.32. The first-order valence-corrected chi connectivity index (χ1v) is 8.46. The summed E-state index contributed by atoms with van der Waals surface area (Å²) in [7, 11) is -0.678. The Hall–Kier alpha value is -0.550. The maximum Gasteiger partial charge on any atom is 0.490 e. The van der Waals surface area contributed by atoms with Crippen molar-refractivity contribution in [2.45, 2.75) is 83.6 Å². The van der Waals surface area contributed by atoms with E-state index in [2.05, 4.69) is 67.5 Å². The Bertz CT molecular complexity index is 531. The van der Waals surface area contributed by atoms with Crippen molar-refractivity contribution < 1.29 is 18.6 Å². The molecule has 2 fully saturated rings. The van der Waals surface area contributed by atoms with Gasteiger partial charge in [0, 0.05) is 5.82 Å². The lowest BCUT2D eigenvalue weighted by molar-refractivity contribution is 0.00578. The molecule has 0 amide bonds. The van der Waals surface area contributed by atoms with Crippen LogP contribution in [0.1, 0.15) is 55.4 Å². The minimum Gasteiger partial charge on any atom is -0.403 e. The summed E-state index contributed by atoms with van der Waals surface area (Å²) in [5.74, 6) is 0.0192. The molecule has 2 saturated heterocycles. The highest BCUT2D eigenvalue weighted by Crippen LogP contribution is 2.47. The van der Waals surface area contributed by atoms with E-state index in [1.807, 2.05) is 6.08 Å². The van der Waals surface area contributed by atoms with Gasteiger partial charge in [-0.3, -0.25) is 0 Å². The minimum atomic E-state index is -0.362. The Morgan fingerprint density at radius 1 is 0.739 bits per heavy atom. The van der Waals surface area contributed by atoms with Crippen molar-refractivity contribution in [2.24, 2.45) is 0 Å². The zero-order chi connectivity index (χ0) is 17.3. The topological polar surface area (TPSA) is 36.9 Å². The van der Waals surface area contributed by atoms with E-state index in [1.165, 1.54) is 0 Å². The first-order valence-electron chi connectivity index (χ1n) is 8.46. The maximum absolute atomic E-state index is 6.22. The quantitative estimate of drug-likeness (QED) is 0.729. The zero-order valence-corrected chi connectivity index (χ0v) is 15.6. The average molecular weight is 318 g/mol. The van der Waals surface area contributed by atoms with Crippen molar-refractivity contribution in [1.82, 2.24) is 0 Å². The average Bonchev–Trinajstić information content (AvgIpc) is 2.96. The van der Waals surface area contributed by atoms with Gasteiger partial charge in [-0.25, -0.2) is 0 Å². The number of rotatable bonds is 2. The van der Waals surface area contributed by atoms with Gasteiger partial charge in [-0.1, -0.05) is 18.2 Å². The highest BCUT2D eigenvalue weighted by atomic mass is 16.7. The molecule has 1 unspecified atom stereocenters. The predicted octanol–water partition coefficient (Wildman–Crippen LogP) is 3.58. The molecular formula is C17H28B2O4. The van der Waals surface area contributed by atoms with Crippen LogP contribution >= 0.6 is 0 Å². The van der Waals surface area contributed by atoms with Gasteiger partial charge < -0.3 is 18.6 Å². The SMILES string of the molecule is CC1(C)OB(C2=CC=CC2B2OC(C)(C)C(C)(C)O2)OC1(C)C. The Morgan fingerprint density at radius 2 is 1.17 bits per heavy atom. The summed E-state index contributed by atoms with van der Waals surface area (Å²) in [5.41, 5.74) is -0.296. The van der Waals surface area contributed by atoms with Crippen molar-refractivity contribution >= 4 is 14.2 Å². The van der Waals surface area contributed by atoms with Gasteiger partial charge in [0.25, 0.3) is 0 Å². The van der Waals surface area contributed by atoms with E-state index < -0.39 is 0 Å². The fourth-order valence-electron chi connectivity index (χ4n) is 3.01. The lowest BCUT2D eigenvalue weighted by atomic mass is 9.58. The number of hydrogen-bond donors (Lipinski definition) is 0. The first-order chi connectivity index (χ1) is 10.4. The van der Waals surface area contributed by atoms with Crippen LogP contribution in [0, 0.1) is 0 Å². The molecule has 0 saturated carbocycles. The first kappa shape index (κ1) is 17.3. The van der Waals surface area contributed by atoms with Crippen LogP contribution < -0.4 is 0 Å². The van der Waals surface area contributed by atoms with Crippen LogP contribution in [-0.2, 0) is 18.6 Å². The predicted molar refractivity (Wildman–Crippen MR) is 93.1 cm³/mol.